The van der Waals surface area contributed by atoms with Crippen molar-refractivity contribution in [1.29, 1.82) is 0 Å². The first-order chi connectivity index (χ1) is 8.66. The van der Waals surface area contributed by atoms with E-state index >= 15 is 0 Å². The van der Waals surface area contributed by atoms with Crippen LogP contribution in [0.15, 0.2) is 48.8 Å². The van der Waals surface area contributed by atoms with Gasteiger partial charge in [-0.3, -0.25) is 4.98 Å². The predicted molar refractivity (Wildman–Crippen MR) is 71.2 cm³/mol. The Morgan fingerprint density at radius 2 is 1.89 bits per heavy atom. The normalized spacial score (nSPS) is 11.3. The minimum Gasteiger partial charge on any atom is -0.478 e. The predicted octanol–water partition coefficient (Wildman–Crippen LogP) is 3.34. The van der Waals surface area contributed by atoms with Crippen molar-refractivity contribution in [3.63, 3.8) is 0 Å². The molecule has 0 saturated heterocycles. The summed E-state index contributed by atoms with van der Waals surface area (Å²) in [6.07, 6.45) is 5.54. The van der Waals surface area contributed by atoms with Gasteiger partial charge in [0.05, 0.1) is 5.56 Å². The van der Waals surface area contributed by atoms with Gasteiger partial charge < -0.3 is 5.11 Å². The monoisotopic (exact) mass is 239 g/mol. The third kappa shape index (κ3) is 2.83. The highest BCUT2D eigenvalue weighted by atomic mass is 16.4. The molecule has 1 aromatic carbocycles. The van der Waals surface area contributed by atoms with Gasteiger partial charge in [-0.05, 0) is 41.8 Å². The summed E-state index contributed by atoms with van der Waals surface area (Å²) in [5.41, 5.74) is 3.42. The van der Waals surface area contributed by atoms with Crippen LogP contribution in [0.5, 0.6) is 0 Å². The van der Waals surface area contributed by atoms with E-state index in [0.717, 1.165) is 16.7 Å². The molecule has 0 spiro atoms. The van der Waals surface area contributed by atoms with E-state index in [9.17, 15) is 4.79 Å². The molecule has 0 amide bonds. The Bertz CT molecular complexity index is 571. The highest BCUT2D eigenvalue weighted by Crippen LogP contribution is 2.16. The van der Waals surface area contributed by atoms with Crippen LogP contribution >= 0.6 is 0 Å². The maximum Gasteiger partial charge on any atom is 0.335 e. The van der Waals surface area contributed by atoms with E-state index in [-0.39, 0.29) is 0 Å². The minimum absolute atomic E-state index is 0.297. The first kappa shape index (κ1) is 12.0. The molecule has 0 saturated carbocycles. The molecule has 1 aromatic heterocycles. The summed E-state index contributed by atoms with van der Waals surface area (Å²) in [7, 11) is 0. The van der Waals surface area contributed by atoms with E-state index in [4.69, 9.17) is 5.11 Å². The Morgan fingerprint density at radius 1 is 1.17 bits per heavy atom. The molecule has 1 heterocycles. The van der Waals surface area contributed by atoms with Gasteiger partial charge in [0.25, 0.3) is 0 Å². The van der Waals surface area contributed by atoms with Gasteiger partial charge in [0.2, 0.25) is 0 Å². The van der Waals surface area contributed by atoms with E-state index in [1.54, 1.807) is 36.7 Å². The van der Waals surface area contributed by atoms with Gasteiger partial charge in [-0.2, -0.15) is 0 Å². The van der Waals surface area contributed by atoms with Gasteiger partial charge in [0, 0.05) is 12.4 Å². The van der Waals surface area contributed by atoms with Crippen molar-refractivity contribution in [1.82, 2.24) is 4.98 Å². The standard InChI is InChI=1S/C15H13NO2/c1-11(14-3-2-8-16-10-14)9-12-4-6-13(7-5-12)15(17)18/h2-10H,1H3,(H,17,18)/b11-9-. The number of carboxylic acid groups (broad SMARTS) is 1. The zero-order valence-electron chi connectivity index (χ0n) is 10.00. The first-order valence-corrected chi connectivity index (χ1v) is 5.59. The number of carboxylic acids is 1. The van der Waals surface area contributed by atoms with Crippen LogP contribution in [0.4, 0.5) is 0 Å². The smallest absolute Gasteiger partial charge is 0.335 e. The molecule has 2 rings (SSSR count). The average Bonchev–Trinajstić information content (AvgIpc) is 2.40. The first-order valence-electron chi connectivity index (χ1n) is 5.59. The van der Waals surface area contributed by atoms with Crippen LogP contribution in [0.1, 0.15) is 28.4 Å². The third-order valence-electron chi connectivity index (χ3n) is 2.66. The molecule has 0 fully saturated rings. The van der Waals surface area contributed by atoms with E-state index in [0.29, 0.717) is 5.56 Å². The second-order valence-corrected chi connectivity index (χ2v) is 4.00. The number of allylic oxidation sites excluding steroid dienone is 1. The Morgan fingerprint density at radius 3 is 2.44 bits per heavy atom. The van der Waals surface area contributed by atoms with Gasteiger partial charge in [-0.1, -0.05) is 24.3 Å². The van der Waals surface area contributed by atoms with Gasteiger partial charge in [-0.25, -0.2) is 4.79 Å². The Balaban J connectivity index is 2.25. The second-order valence-electron chi connectivity index (χ2n) is 4.00. The molecule has 0 aliphatic carbocycles. The zero-order valence-corrected chi connectivity index (χ0v) is 10.00. The molecule has 0 radical (unpaired) electrons. The maximum atomic E-state index is 10.7. The van der Waals surface area contributed by atoms with Crippen molar-refractivity contribution in [2.45, 2.75) is 6.92 Å². The molecule has 2 aromatic rings. The lowest BCUT2D eigenvalue weighted by Gasteiger charge is -2.01. The molecular formula is C15H13NO2. The highest BCUT2D eigenvalue weighted by Gasteiger charge is 2.01. The van der Waals surface area contributed by atoms with Crippen molar-refractivity contribution in [3.05, 3.63) is 65.5 Å². The molecule has 0 bridgehead atoms. The average molecular weight is 239 g/mol. The number of aromatic carboxylic acids is 1. The summed E-state index contributed by atoms with van der Waals surface area (Å²) in [6.45, 7) is 2.00. The summed E-state index contributed by atoms with van der Waals surface area (Å²) < 4.78 is 0. The summed E-state index contributed by atoms with van der Waals surface area (Å²) in [5.74, 6) is -0.908. The van der Waals surface area contributed by atoms with Gasteiger partial charge in [0.1, 0.15) is 0 Å². The summed E-state index contributed by atoms with van der Waals surface area (Å²) in [6, 6.07) is 10.7. The fraction of sp³-hybridized carbons (Fsp3) is 0.0667. The van der Waals surface area contributed by atoms with Crippen molar-refractivity contribution in [3.8, 4) is 0 Å². The largest absolute Gasteiger partial charge is 0.478 e. The Hall–Kier alpha value is -2.42. The molecule has 0 unspecified atom stereocenters. The Kier molecular flexibility index (Phi) is 3.53. The number of aromatic nitrogens is 1. The number of pyridine rings is 1. The maximum absolute atomic E-state index is 10.7. The van der Waals surface area contributed by atoms with Gasteiger partial charge >= 0.3 is 5.97 Å². The molecule has 1 N–H and O–H groups in total. The summed E-state index contributed by atoms with van der Waals surface area (Å²) in [5, 5.41) is 8.81. The number of hydrogen-bond acceptors (Lipinski definition) is 2. The topological polar surface area (TPSA) is 50.2 Å². The molecule has 0 aliphatic rings. The van der Waals surface area contributed by atoms with Crippen LogP contribution in [-0.2, 0) is 0 Å². The number of carbonyl (C=O) groups is 1. The van der Waals surface area contributed by atoms with Crippen LogP contribution in [0.3, 0.4) is 0 Å². The van der Waals surface area contributed by atoms with E-state index in [2.05, 4.69) is 4.98 Å². The fourth-order valence-electron chi connectivity index (χ4n) is 1.65. The minimum atomic E-state index is -0.908. The quantitative estimate of drug-likeness (QED) is 0.893. The SMILES string of the molecule is C/C(=C/c1ccc(C(=O)O)cc1)c1cccnc1. The molecule has 90 valence electrons. The van der Waals surface area contributed by atoms with E-state index in [1.165, 1.54) is 0 Å². The molecule has 0 atom stereocenters. The summed E-state index contributed by atoms with van der Waals surface area (Å²) >= 11 is 0. The van der Waals surface area contributed by atoms with E-state index in [1.807, 2.05) is 25.1 Å². The number of hydrogen-bond donors (Lipinski definition) is 1. The lowest BCUT2D eigenvalue weighted by atomic mass is 10.1. The van der Waals surface area contributed by atoms with Crippen LogP contribution in [0.25, 0.3) is 11.6 Å². The van der Waals surface area contributed by atoms with Crippen molar-refractivity contribution < 1.29 is 9.90 Å². The highest BCUT2D eigenvalue weighted by molar-refractivity contribution is 5.88. The molecule has 3 heteroatoms. The van der Waals surface area contributed by atoms with Gasteiger partial charge in [-0.15, -0.1) is 0 Å². The van der Waals surface area contributed by atoms with E-state index < -0.39 is 5.97 Å². The Labute approximate surface area is 105 Å². The zero-order chi connectivity index (χ0) is 13.0. The number of rotatable bonds is 3. The van der Waals surface area contributed by atoms with Crippen LogP contribution < -0.4 is 0 Å². The second kappa shape index (κ2) is 5.27. The van der Waals surface area contributed by atoms with Crippen molar-refractivity contribution in [2.24, 2.45) is 0 Å². The molecule has 18 heavy (non-hydrogen) atoms. The number of nitrogens with zero attached hydrogens (tertiary/aromatic N) is 1. The number of benzene rings is 1. The molecule has 0 aliphatic heterocycles. The van der Waals surface area contributed by atoms with Crippen molar-refractivity contribution in [2.75, 3.05) is 0 Å². The van der Waals surface area contributed by atoms with Crippen LogP contribution in [-0.4, -0.2) is 16.1 Å². The lowest BCUT2D eigenvalue weighted by Crippen LogP contribution is -1.94. The molecular weight excluding hydrogens is 226 g/mol. The van der Waals surface area contributed by atoms with Gasteiger partial charge in [0.15, 0.2) is 0 Å². The van der Waals surface area contributed by atoms with Crippen LogP contribution in [0, 0.1) is 0 Å². The molecule has 3 nitrogen and oxygen atoms in total. The fourth-order valence-corrected chi connectivity index (χ4v) is 1.65. The van der Waals surface area contributed by atoms with Crippen molar-refractivity contribution >= 4 is 17.6 Å². The lowest BCUT2D eigenvalue weighted by molar-refractivity contribution is 0.0697. The van der Waals surface area contributed by atoms with Crippen LogP contribution in [0.2, 0.25) is 0 Å². The summed E-state index contributed by atoms with van der Waals surface area (Å²) in [4.78, 5) is 14.8. The third-order valence-corrected chi connectivity index (χ3v) is 2.66.